The third kappa shape index (κ3) is 3.84. The van der Waals surface area contributed by atoms with Crippen LogP contribution in [0.25, 0.3) is 0 Å². The molecule has 0 aliphatic heterocycles. The number of rotatable bonds is 4. The molecule has 112 valence electrons. The molecule has 2 unspecified atom stereocenters. The summed E-state index contributed by atoms with van der Waals surface area (Å²) in [5.74, 6) is -1.07. The number of carbonyl (C=O) groups is 1. The second-order valence-corrected chi connectivity index (χ2v) is 4.29. The minimum absolute atomic E-state index is 0.00359. The van der Waals surface area contributed by atoms with Crippen molar-refractivity contribution in [1.82, 2.24) is 0 Å². The van der Waals surface area contributed by atoms with Gasteiger partial charge in [-0.2, -0.15) is 13.2 Å². The molecule has 2 atom stereocenters. The number of halogens is 4. The Kier molecular flexibility index (Phi) is 5.38. The Morgan fingerprint density at radius 1 is 1.40 bits per heavy atom. The fraction of sp³-hybridized carbons (Fsp3) is 0.417. The lowest BCUT2D eigenvalue weighted by atomic mass is 10.0. The van der Waals surface area contributed by atoms with E-state index in [1.807, 2.05) is 0 Å². The van der Waals surface area contributed by atoms with Crippen LogP contribution in [0.3, 0.4) is 0 Å². The highest BCUT2D eigenvalue weighted by Gasteiger charge is 2.34. The van der Waals surface area contributed by atoms with E-state index in [0.29, 0.717) is 6.07 Å². The number of aliphatic hydroxyl groups excluding tert-OH is 2. The number of esters is 1. The second kappa shape index (κ2) is 6.43. The molecule has 0 saturated heterocycles. The van der Waals surface area contributed by atoms with Crippen LogP contribution in [0.15, 0.2) is 18.2 Å². The maximum absolute atomic E-state index is 12.5. The number of carbonyl (C=O) groups excluding carboxylic acids is 1. The molecular formula is C12H12ClF3O4. The first-order valence-electron chi connectivity index (χ1n) is 5.58. The lowest BCUT2D eigenvalue weighted by molar-refractivity contribution is -0.159. The Bertz CT molecular complexity index is 490. The molecule has 0 aliphatic rings. The summed E-state index contributed by atoms with van der Waals surface area (Å²) >= 11 is 5.47. The van der Waals surface area contributed by atoms with Crippen LogP contribution in [0, 0.1) is 0 Å². The van der Waals surface area contributed by atoms with Crippen LogP contribution in [0.2, 0.25) is 5.02 Å². The van der Waals surface area contributed by atoms with Crippen molar-refractivity contribution in [1.29, 1.82) is 0 Å². The molecule has 0 aliphatic carbocycles. The van der Waals surface area contributed by atoms with Crippen LogP contribution in [-0.4, -0.2) is 28.9 Å². The SMILES string of the molecule is CCOC(=O)C(O)C(O)c1ccc(C(F)(F)F)c(Cl)c1. The Morgan fingerprint density at radius 2 is 2.00 bits per heavy atom. The molecule has 1 rings (SSSR count). The van der Waals surface area contributed by atoms with Gasteiger partial charge >= 0.3 is 12.1 Å². The van der Waals surface area contributed by atoms with Gasteiger partial charge in [0.05, 0.1) is 17.2 Å². The highest BCUT2D eigenvalue weighted by molar-refractivity contribution is 6.31. The Hall–Kier alpha value is -1.31. The van der Waals surface area contributed by atoms with E-state index >= 15 is 0 Å². The molecule has 20 heavy (non-hydrogen) atoms. The first-order valence-corrected chi connectivity index (χ1v) is 5.95. The number of hydrogen-bond donors (Lipinski definition) is 2. The normalized spacial score (nSPS) is 14.8. The molecule has 0 fully saturated rings. The van der Waals surface area contributed by atoms with Crippen LogP contribution >= 0.6 is 11.6 Å². The molecule has 0 aromatic heterocycles. The predicted octanol–water partition coefficient (Wildman–Crippen LogP) is 2.32. The number of aliphatic hydroxyl groups is 2. The van der Waals surface area contributed by atoms with Crippen molar-refractivity contribution in [3.8, 4) is 0 Å². The minimum atomic E-state index is -4.62. The van der Waals surface area contributed by atoms with Crippen molar-refractivity contribution >= 4 is 17.6 Å². The maximum Gasteiger partial charge on any atom is 0.417 e. The van der Waals surface area contributed by atoms with E-state index in [-0.39, 0.29) is 12.2 Å². The molecule has 0 radical (unpaired) electrons. The topological polar surface area (TPSA) is 66.8 Å². The van der Waals surface area contributed by atoms with E-state index < -0.39 is 34.9 Å². The molecule has 0 amide bonds. The van der Waals surface area contributed by atoms with Crippen molar-refractivity contribution < 1.29 is 32.9 Å². The summed E-state index contributed by atoms with van der Waals surface area (Å²) < 4.78 is 42.0. The van der Waals surface area contributed by atoms with Gasteiger partial charge in [0.15, 0.2) is 6.10 Å². The number of hydrogen-bond acceptors (Lipinski definition) is 4. The minimum Gasteiger partial charge on any atom is -0.464 e. The van der Waals surface area contributed by atoms with E-state index in [0.717, 1.165) is 12.1 Å². The van der Waals surface area contributed by atoms with Crippen LogP contribution < -0.4 is 0 Å². The van der Waals surface area contributed by atoms with Gasteiger partial charge in [-0.15, -0.1) is 0 Å². The summed E-state index contributed by atoms with van der Waals surface area (Å²) in [5, 5.41) is 18.6. The molecule has 0 saturated carbocycles. The zero-order valence-electron chi connectivity index (χ0n) is 10.3. The van der Waals surface area contributed by atoms with E-state index in [4.69, 9.17) is 11.6 Å². The van der Waals surface area contributed by atoms with Gasteiger partial charge in [0, 0.05) is 0 Å². The Balaban J connectivity index is 2.98. The molecule has 0 heterocycles. The van der Waals surface area contributed by atoms with Crippen molar-refractivity contribution in [2.75, 3.05) is 6.61 Å². The number of alkyl halides is 3. The quantitative estimate of drug-likeness (QED) is 0.837. The smallest absolute Gasteiger partial charge is 0.417 e. The van der Waals surface area contributed by atoms with Crippen LogP contribution in [0.1, 0.15) is 24.2 Å². The zero-order valence-corrected chi connectivity index (χ0v) is 11.1. The third-order valence-corrected chi connectivity index (χ3v) is 2.78. The average molecular weight is 313 g/mol. The van der Waals surface area contributed by atoms with Gasteiger partial charge in [-0.3, -0.25) is 0 Å². The standard InChI is InChI=1S/C12H12ClF3O4/c1-2-20-11(19)10(18)9(17)6-3-4-7(8(13)5-6)12(14,15)16/h3-5,9-10,17-18H,2H2,1H3. The van der Waals surface area contributed by atoms with E-state index in [2.05, 4.69) is 4.74 Å². The Morgan fingerprint density at radius 3 is 2.45 bits per heavy atom. The highest BCUT2D eigenvalue weighted by Crippen LogP contribution is 2.36. The summed E-state index contributed by atoms with van der Waals surface area (Å²) in [5.41, 5.74) is -1.19. The van der Waals surface area contributed by atoms with Gasteiger partial charge in [-0.05, 0) is 24.6 Å². The van der Waals surface area contributed by atoms with Gasteiger partial charge in [-0.25, -0.2) is 4.79 Å². The highest BCUT2D eigenvalue weighted by atomic mass is 35.5. The van der Waals surface area contributed by atoms with Crippen molar-refractivity contribution in [2.45, 2.75) is 25.3 Å². The van der Waals surface area contributed by atoms with Gasteiger partial charge in [0.2, 0.25) is 0 Å². The molecular weight excluding hydrogens is 301 g/mol. The second-order valence-electron chi connectivity index (χ2n) is 3.88. The van der Waals surface area contributed by atoms with Gasteiger partial charge in [0.25, 0.3) is 0 Å². The lowest BCUT2D eigenvalue weighted by Crippen LogP contribution is -2.30. The predicted molar refractivity (Wildman–Crippen MR) is 64.1 cm³/mol. The summed E-state index contributed by atoms with van der Waals surface area (Å²) in [4.78, 5) is 11.2. The van der Waals surface area contributed by atoms with Crippen molar-refractivity contribution in [2.24, 2.45) is 0 Å². The third-order valence-electron chi connectivity index (χ3n) is 2.47. The molecule has 2 N–H and O–H groups in total. The summed E-state index contributed by atoms with van der Waals surface area (Å²) in [6, 6.07) is 2.44. The number of benzene rings is 1. The van der Waals surface area contributed by atoms with Crippen molar-refractivity contribution in [3.05, 3.63) is 34.3 Å². The maximum atomic E-state index is 12.5. The zero-order chi connectivity index (χ0) is 15.5. The average Bonchev–Trinajstić information content (AvgIpc) is 2.35. The largest absolute Gasteiger partial charge is 0.464 e. The molecule has 1 aromatic rings. The van der Waals surface area contributed by atoms with Crippen molar-refractivity contribution in [3.63, 3.8) is 0 Å². The summed E-state index contributed by atoms with van der Waals surface area (Å²) in [6.45, 7) is 1.50. The Labute approximate surface area is 117 Å². The summed E-state index contributed by atoms with van der Waals surface area (Å²) in [7, 11) is 0. The molecule has 4 nitrogen and oxygen atoms in total. The van der Waals surface area contributed by atoms with Crippen LogP contribution in [0.5, 0.6) is 0 Å². The molecule has 0 bridgehead atoms. The fourth-order valence-corrected chi connectivity index (χ4v) is 1.78. The van der Waals surface area contributed by atoms with Gasteiger partial charge < -0.3 is 14.9 Å². The fourth-order valence-electron chi connectivity index (χ4n) is 1.48. The van der Waals surface area contributed by atoms with Gasteiger partial charge in [0.1, 0.15) is 6.10 Å². The molecule has 8 heteroatoms. The summed E-state index contributed by atoms with van der Waals surface area (Å²) in [6.07, 6.45) is -8.25. The number of ether oxygens (including phenoxy) is 1. The van der Waals surface area contributed by atoms with E-state index in [1.54, 1.807) is 0 Å². The monoisotopic (exact) mass is 312 g/mol. The van der Waals surface area contributed by atoms with E-state index in [1.165, 1.54) is 6.92 Å². The first kappa shape index (κ1) is 16.7. The lowest BCUT2D eigenvalue weighted by Gasteiger charge is -2.18. The molecule has 0 spiro atoms. The van der Waals surface area contributed by atoms with Crippen LogP contribution in [0.4, 0.5) is 13.2 Å². The van der Waals surface area contributed by atoms with Gasteiger partial charge in [-0.1, -0.05) is 17.7 Å². The van der Waals surface area contributed by atoms with E-state index in [9.17, 15) is 28.2 Å². The van der Waals surface area contributed by atoms with Crippen LogP contribution in [-0.2, 0) is 15.7 Å². The molecule has 1 aromatic carbocycles. The first-order chi connectivity index (χ1) is 9.18.